The molecule has 6 nitrogen and oxygen atoms in total. The predicted molar refractivity (Wildman–Crippen MR) is 123 cm³/mol. The van der Waals surface area contributed by atoms with Crippen LogP contribution in [0.15, 0.2) is 36.4 Å². The summed E-state index contributed by atoms with van der Waals surface area (Å²) in [6.07, 6.45) is 0. The van der Waals surface area contributed by atoms with Gasteiger partial charge in [-0.2, -0.15) is 0 Å². The van der Waals surface area contributed by atoms with Crippen LogP contribution < -0.4 is 0 Å². The Morgan fingerprint density at radius 1 is 0.788 bits per heavy atom. The number of benzene rings is 2. The van der Waals surface area contributed by atoms with E-state index in [1.165, 1.54) is 24.3 Å². The molecule has 0 fully saturated rings. The second-order valence-corrected chi connectivity index (χ2v) is 6.87. The first-order chi connectivity index (χ1) is 15.3. The molecular weight excluding hydrogens is 505 g/mol. The van der Waals surface area contributed by atoms with Crippen LogP contribution in [0, 0.1) is 25.5 Å². The molecular formula is C22H23Cl3F2O6. The molecule has 0 saturated carbocycles. The number of hydrogen-bond acceptors (Lipinski definition) is 5. The van der Waals surface area contributed by atoms with Gasteiger partial charge >= 0.3 is 16.5 Å². The first kappa shape index (κ1) is 32.8. The number of aryl methyl sites for hydroxylation is 2. The second-order valence-electron chi connectivity index (χ2n) is 5.84. The zero-order valence-electron chi connectivity index (χ0n) is 18.3. The van der Waals surface area contributed by atoms with Crippen LogP contribution >= 0.6 is 34.8 Å². The minimum absolute atomic E-state index is 0.0203. The van der Waals surface area contributed by atoms with E-state index in [1.54, 1.807) is 13.8 Å². The third kappa shape index (κ3) is 16.0. The fourth-order valence-electron chi connectivity index (χ4n) is 1.65. The van der Waals surface area contributed by atoms with E-state index < -0.39 is 33.3 Å². The fourth-order valence-corrected chi connectivity index (χ4v) is 1.76. The number of ether oxygens (including phenoxy) is 1. The average molecular weight is 528 g/mol. The van der Waals surface area contributed by atoms with Gasteiger partial charge in [-0.1, -0.05) is 12.1 Å². The smallest absolute Gasteiger partial charge is 0.335 e. The molecule has 2 rings (SSSR count). The van der Waals surface area contributed by atoms with Crippen molar-refractivity contribution >= 4 is 56.5 Å². The summed E-state index contributed by atoms with van der Waals surface area (Å²) in [5, 5.41) is 5.51. The van der Waals surface area contributed by atoms with Crippen molar-refractivity contribution in [2.75, 3.05) is 13.2 Å². The molecule has 0 saturated heterocycles. The highest BCUT2D eigenvalue weighted by Crippen LogP contribution is 2.11. The van der Waals surface area contributed by atoms with Crippen LogP contribution in [0.5, 0.6) is 0 Å². The van der Waals surface area contributed by atoms with Gasteiger partial charge in [0.25, 0.3) is 5.24 Å². The average Bonchev–Trinajstić information content (AvgIpc) is 2.73. The van der Waals surface area contributed by atoms with E-state index in [4.69, 9.17) is 21.4 Å². The van der Waals surface area contributed by atoms with Crippen LogP contribution in [0.3, 0.4) is 0 Å². The first-order valence-electron chi connectivity index (χ1n) is 9.20. The van der Waals surface area contributed by atoms with E-state index in [0.717, 1.165) is 25.3 Å². The molecule has 182 valence electrons. The minimum atomic E-state index is -1.14. The lowest BCUT2D eigenvalue weighted by Crippen LogP contribution is -1.97. The summed E-state index contributed by atoms with van der Waals surface area (Å²) in [5.41, 5.74) is 1.13. The number of aromatic carboxylic acids is 1. The molecule has 0 aliphatic rings. The maximum atomic E-state index is 12.7. The van der Waals surface area contributed by atoms with Crippen LogP contribution in [0.25, 0.3) is 0 Å². The van der Waals surface area contributed by atoms with Gasteiger partial charge in [0, 0.05) is 18.8 Å². The van der Waals surface area contributed by atoms with Crippen LogP contribution in [-0.2, 0) is 14.3 Å². The number of carbonyl (C=O) groups is 4. The molecule has 0 heterocycles. The van der Waals surface area contributed by atoms with Gasteiger partial charge in [-0.15, -0.1) is 0 Å². The number of carbonyl (C=O) groups excluding carboxylic acids is 3. The Hall–Kier alpha value is -2.39. The van der Waals surface area contributed by atoms with Crippen molar-refractivity contribution in [2.45, 2.75) is 27.7 Å². The Morgan fingerprint density at radius 2 is 1.15 bits per heavy atom. The number of halogens is 5. The zero-order chi connectivity index (χ0) is 26.1. The van der Waals surface area contributed by atoms with Gasteiger partial charge in [-0.3, -0.25) is 14.4 Å². The Labute approximate surface area is 205 Å². The van der Waals surface area contributed by atoms with Crippen molar-refractivity contribution in [1.29, 1.82) is 0 Å². The minimum Gasteiger partial charge on any atom is -0.478 e. The lowest BCUT2D eigenvalue weighted by Gasteiger charge is -1.96. The van der Waals surface area contributed by atoms with Crippen LogP contribution in [0.4, 0.5) is 8.78 Å². The van der Waals surface area contributed by atoms with Crippen LogP contribution in [0.2, 0.25) is 0 Å². The molecule has 1 N–H and O–H groups in total. The number of hydrogen-bond donors (Lipinski definition) is 1. The third-order valence-electron chi connectivity index (χ3n) is 3.38. The molecule has 0 radical (unpaired) electrons. The molecule has 0 aromatic heterocycles. The number of carboxylic acids is 1. The zero-order valence-corrected chi connectivity index (χ0v) is 20.5. The second kappa shape index (κ2) is 18.1. The molecule has 11 heteroatoms. The van der Waals surface area contributed by atoms with E-state index >= 15 is 0 Å². The third-order valence-corrected chi connectivity index (χ3v) is 4.04. The van der Waals surface area contributed by atoms with E-state index in [1.807, 2.05) is 13.8 Å². The topological polar surface area (TPSA) is 97.7 Å². The Bertz CT molecular complexity index is 876. The molecule has 0 aliphatic heterocycles. The summed E-state index contributed by atoms with van der Waals surface area (Å²) in [7, 11) is 0. The highest BCUT2D eigenvalue weighted by molar-refractivity contribution is 6.97. The van der Waals surface area contributed by atoms with Gasteiger partial charge in [0.2, 0.25) is 0 Å². The largest absolute Gasteiger partial charge is 0.478 e. The number of rotatable bonds is 5. The molecule has 0 bridgehead atoms. The van der Waals surface area contributed by atoms with Gasteiger partial charge < -0.3 is 9.84 Å². The van der Waals surface area contributed by atoms with Crippen molar-refractivity contribution in [3.63, 3.8) is 0 Å². The monoisotopic (exact) mass is 526 g/mol. The molecule has 0 spiro atoms. The summed E-state index contributed by atoms with van der Waals surface area (Å²) < 4.78 is 30.2. The van der Waals surface area contributed by atoms with Crippen LogP contribution in [-0.4, -0.2) is 40.0 Å². The lowest BCUT2D eigenvalue weighted by atomic mass is 10.1. The van der Waals surface area contributed by atoms with Gasteiger partial charge in [0.1, 0.15) is 11.6 Å². The SMILES string of the molecule is CCOCC.Cc1ccc(C(=O)Cl)cc1F.Cc1ccc(C(=O)O)cc1F.O=C(Cl)C(=O)Cl. The Balaban J connectivity index is 0. The molecule has 33 heavy (non-hydrogen) atoms. The van der Waals surface area contributed by atoms with E-state index in [2.05, 4.69) is 23.2 Å². The molecule has 2 aromatic rings. The van der Waals surface area contributed by atoms with E-state index in [-0.39, 0.29) is 11.1 Å². The van der Waals surface area contributed by atoms with Gasteiger partial charge in [0.15, 0.2) is 0 Å². The number of carboxylic acid groups (broad SMARTS) is 1. The molecule has 0 amide bonds. The van der Waals surface area contributed by atoms with Crippen molar-refractivity contribution < 1.29 is 37.8 Å². The summed E-state index contributed by atoms with van der Waals surface area (Å²) in [6.45, 7) is 8.87. The fraction of sp³-hybridized carbons (Fsp3) is 0.273. The summed E-state index contributed by atoms with van der Waals surface area (Å²) in [5.74, 6) is -2.00. The van der Waals surface area contributed by atoms with Crippen molar-refractivity contribution in [1.82, 2.24) is 0 Å². The molecule has 2 aromatic carbocycles. The highest BCUT2D eigenvalue weighted by atomic mass is 35.5. The molecule has 0 aliphatic carbocycles. The maximum Gasteiger partial charge on any atom is 0.335 e. The quantitative estimate of drug-likeness (QED) is 0.384. The van der Waals surface area contributed by atoms with Crippen molar-refractivity contribution in [3.05, 3.63) is 70.3 Å². The lowest BCUT2D eigenvalue weighted by molar-refractivity contribution is -0.127. The maximum absolute atomic E-state index is 12.7. The standard InChI is InChI=1S/C8H6ClFO.C8H7FO2.C4H10O.C2Cl2O2/c1-5-2-3-6(8(9)11)4-7(5)10;1-5-2-3-6(8(10)11)4-7(5)9;1-3-5-4-2;3-1(5)2(4)6/h2-4H,1H3;2-4H,1H3,(H,10,11);3-4H2,1-2H3;. The summed E-state index contributed by atoms with van der Waals surface area (Å²) >= 11 is 14.1. The normalized spacial score (nSPS) is 9.12. The van der Waals surface area contributed by atoms with Crippen LogP contribution in [0.1, 0.15) is 45.7 Å². The van der Waals surface area contributed by atoms with Gasteiger partial charge in [0.05, 0.1) is 5.56 Å². The summed E-state index contributed by atoms with van der Waals surface area (Å²) in [4.78, 5) is 39.7. The van der Waals surface area contributed by atoms with Gasteiger partial charge in [-0.05, 0) is 97.9 Å². The predicted octanol–water partition coefficient (Wildman–Crippen LogP) is 5.91. The molecule has 0 unspecified atom stereocenters. The molecule has 0 atom stereocenters. The Kier molecular flexibility index (Phi) is 18.0. The highest BCUT2D eigenvalue weighted by Gasteiger charge is 2.05. The summed E-state index contributed by atoms with van der Waals surface area (Å²) in [6, 6.07) is 7.97. The van der Waals surface area contributed by atoms with Crippen molar-refractivity contribution in [2.24, 2.45) is 0 Å². The van der Waals surface area contributed by atoms with Crippen molar-refractivity contribution in [3.8, 4) is 0 Å². The van der Waals surface area contributed by atoms with E-state index in [9.17, 15) is 28.0 Å². The first-order valence-corrected chi connectivity index (χ1v) is 10.3. The van der Waals surface area contributed by atoms with Gasteiger partial charge in [-0.25, -0.2) is 13.6 Å². The Morgan fingerprint density at radius 3 is 1.39 bits per heavy atom. The van der Waals surface area contributed by atoms with E-state index in [0.29, 0.717) is 11.1 Å².